The second-order valence-corrected chi connectivity index (χ2v) is 4.99. The lowest BCUT2D eigenvalue weighted by atomic mass is 10.0. The van der Waals surface area contributed by atoms with Gasteiger partial charge in [0.2, 0.25) is 0 Å². The number of ether oxygens (including phenoxy) is 1. The first-order valence-corrected chi connectivity index (χ1v) is 6.53. The third-order valence-electron chi connectivity index (χ3n) is 3.03. The Kier molecular flexibility index (Phi) is 4.17. The highest BCUT2D eigenvalue weighted by Crippen LogP contribution is 2.31. The van der Waals surface area contributed by atoms with E-state index in [2.05, 4.69) is 44.0 Å². The third kappa shape index (κ3) is 3.32. The molecule has 0 saturated heterocycles. The number of nitrogens with two attached hydrogens (primary N) is 1. The van der Waals surface area contributed by atoms with Crippen LogP contribution < -0.4 is 10.5 Å². The Bertz CT molecular complexity index is 547. The molecule has 100 valence electrons. The molecule has 0 spiro atoms. The average molecular weight is 256 g/mol. The van der Waals surface area contributed by atoms with Crippen molar-refractivity contribution in [1.82, 2.24) is 4.98 Å². The Morgan fingerprint density at radius 1 is 1.21 bits per heavy atom. The van der Waals surface area contributed by atoms with Gasteiger partial charge in [0.1, 0.15) is 11.5 Å². The van der Waals surface area contributed by atoms with E-state index in [1.54, 1.807) is 6.20 Å². The van der Waals surface area contributed by atoms with Gasteiger partial charge in [0.15, 0.2) is 0 Å². The van der Waals surface area contributed by atoms with Crippen LogP contribution >= 0.6 is 0 Å². The summed E-state index contributed by atoms with van der Waals surface area (Å²) in [4.78, 5) is 4.24. The summed E-state index contributed by atoms with van der Waals surface area (Å²) in [5.74, 6) is 2.06. The number of hydrogen-bond acceptors (Lipinski definition) is 3. The number of hydrogen-bond donors (Lipinski definition) is 1. The van der Waals surface area contributed by atoms with Gasteiger partial charge in [0, 0.05) is 6.54 Å². The zero-order valence-electron chi connectivity index (χ0n) is 11.7. The van der Waals surface area contributed by atoms with E-state index in [0.29, 0.717) is 12.5 Å². The number of aromatic nitrogens is 1. The largest absolute Gasteiger partial charge is 0.455 e. The van der Waals surface area contributed by atoms with E-state index in [9.17, 15) is 0 Å². The second kappa shape index (κ2) is 5.85. The molecule has 0 aliphatic heterocycles. The van der Waals surface area contributed by atoms with Crippen molar-refractivity contribution in [3.63, 3.8) is 0 Å². The molecule has 0 bridgehead atoms. The van der Waals surface area contributed by atoms with Gasteiger partial charge in [-0.3, -0.25) is 4.98 Å². The third-order valence-corrected chi connectivity index (χ3v) is 3.03. The summed E-state index contributed by atoms with van der Waals surface area (Å²) in [5.41, 5.74) is 8.78. The molecular formula is C16H20N2O. The van der Waals surface area contributed by atoms with E-state index in [-0.39, 0.29) is 0 Å². The number of pyridine rings is 1. The first-order chi connectivity index (χ1) is 9.10. The molecule has 1 aromatic heterocycles. The molecule has 3 nitrogen and oxygen atoms in total. The Balaban J connectivity index is 2.28. The molecule has 19 heavy (non-hydrogen) atoms. The number of benzene rings is 1. The lowest BCUT2D eigenvalue weighted by Crippen LogP contribution is -1.99. The van der Waals surface area contributed by atoms with Gasteiger partial charge < -0.3 is 10.5 Å². The lowest BCUT2D eigenvalue weighted by molar-refractivity contribution is 0.470. The van der Waals surface area contributed by atoms with Crippen molar-refractivity contribution in [2.45, 2.75) is 33.2 Å². The Morgan fingerprint density at radius 3 is 2.58 bits per heavy atom. The highest BCUT2D eigenvalue weighted by Gasteiger charge is 2.09. The Labute approximate surface area is 114 Å². The van der Waals surface area contributed by atoms with Crippen molar-refractivity contribution >= 4 is 0 Å². The molecule has 1 heterocycles. The molecule has 2 rings (SSSR count). The van der Waals surface area contributed by atoms with Gasteiger partial charge in [-0.1, -0.05) is 26.0 Å². The highest BCUT2D eigenvalue weighted by atomic mass is 16.5. The van der Waals surface area contributed by atoms with Crippen molar-refractivity contribution < 1.29 is 4.74 Å². The summed E-state index contributed by atoms with van der Waals surface area (Å²) >= 11 is 0. The standard InChI is InChI=1S/C16H20N2O/c1-11(2)15-7-4-12(3)8-16(15)19-14-6-5-13(9-17)18-10-14/h4-8,10-11H,9,17H2,1-3H3. The fraction of sp³-hybridized carbons (Fsp3) is 0.312. The van der Waals surface area contributed by atoms with Crippen LogP contribution in [0.2, 0.25) is 0 Å². The quantitative estimate of drug-likeness (QED) is 0.906. The van der Waals surface area contributed by atoms with E-state index in [1.165, 1.54) is 11.1 Å². The summed E-state index contributed by atoms with van der Waals surface area (Å²) in [7, 11) is 0. The minimum Gasteiger partial charge on any atom is -0.455 e. The minimum absolute atomic E-state index is 0.423. The number of nitrogens with zero attached hydrogens (tertiary/aromatic N) is 1. The van der Waals surface area contributed by atoms with Crippen LogP contribution in [0, 0.1) is 6.92 Å². The summed E-state index contributed by atoms with van der Waals surface area (Å²) in [6.45, 7) is 6.83. The van der Waals surface area contributed by atoms with Gasteiger partial charge in [0.25, 0.3) is 0 Å². The van der Waals surface area contributed by atoms with Gasteiger partial charge in [-0.25, -0.2) is 0 Å². The zero-order valence-corrected chi connectivity index (χ0v) is 11.7. The van der Waals surface area contributed by atoms with Crippen molar-refractivity contribution in [3.8, 4) is 11.5 Å². The van der Waals surface area contributed by atoms with Gasteiger partial charge in [-0.05, 0) is 42.2 Å². The maximum atomic E-state index is 5.95. The van der Waals surface area contributed by atoms with Crippen LogP contribution in [0.25, 0.3) is 0 Å². The Hall–Kier alpha value is -1.87. The highest BCUT2D eigenvalue weighted by molar-refractivity contribution is 5.41. The maximum Gasteiger partial charge on any atom is 0.145 e. The smallest absolute Gasteiger partial charge is 0.145 e. The zero-order chi connectivity index (χ0) is 13.8. The van der Waals surface area contributed by atoms with Crippen LogP contribution in [-0.4, -0.2) is 4.98 Å². The van der Waals surface area contributed by atoms with Crippen molar-refractivity contribution in [2.75, 3.05) is 0 Å². The fourth-order valence-corrected chi connectivity index (χ4v) is 1.93. The predicted octanol–water partition coefficient (Wildman–Crippen LogP) is 3.76. The first-order valence-electron chi connectivity index (χ1n) is 6.53. The lowest BCUT2D eigenvalue weighted by Gasteiger charge is -2.14. The number of aryl methyl sites for hydroxylation is 1. The van der Waals surface area contributed by atoms with Gasteiger partial charge in [-0.2, -0.15) is 0 Å². The van der Waals surface area contributed by atoms with Crippen molar-refractivity contribution in [1.29, 1.82) is 0 Å². The van der Waals surface area contributed by atoms with Crippen molar-refractivity contribution in [3.05, 3.63) is 53.3 Å². The molecule has 2 aromatic rings. The molecular weight excluding hydrogens is 236 g/mol. The normalized spacial score (nSPS) is 10.8. The van der Waals surface area contributed by atoms with Crippen molar-refractivity contribution in [2.24, 2.45) is 5.73 Å². The first kappa shape index (κ1) is 13.6. The molecule has 0 saturated carbocycles. The van der Waals surface area contributed by atoms with E-state index < -0.39 is 0 Å². The summed E-state index contributed by atoms with van der Waals surface area (Å²) < 4.78 is 5.95. The Morgan fingerprint density at radius 2 is 2.00 bits per heavy atom. The van der Waals surface area contributed by atoms with Gasteiger partial charge >= 0.3 is 0 Å². The van der Waals surface area contributed by atoms with Gasteiger partial charge in [-0.15, -0.1) is 0 Å². The molecule has 1 aromatic carbocycles. The maximum absolute atomic E-state index is 5.95. The molecule has 2 N–H and O–H groups in total. The molecule has 0 aliphatic carbocycles. The summed E-state index contributed by atoms with van der Waals surface area (Å²) in [5, 5.41) is 0. The monoisotopic (exact) mass is 256 g/mol. The molecule has 0 unspecified atom stereocenters. The SMILES string of the molecule is Cc1ccc(C(C)C)c(Oc2ccc(CN)nc2)c1. The van der Waals surface area contributed by atoms with E-state index in [1.807, 2.05) is 12.1 Å². The molecule has 0 fully saturated rings. The topological polar surface area (TPSA) is 48.1 Å². The molecule has 3 heteroatoms. The molecule has 0 atom stereocenters. The molecule has 0 radical (unpaired) electrons. The minimum atomic E-state index is 0.423. The number of rotatable bonds is 4. The second-order valence-electron chi connectivity index (χ2n) is 4.99. The van der Waals surface area contributed by atoms with E-state index in [4.69, 9.17) is 10.5 Å². The summed E-state index contributed by atoms with van der Waals surface area (Å²) in [6, 6.07) is 10.1. The van der Waals surface area contributed by atoms with Crippen LogP contribution in [-0.2, 0) is 6.54 Å². The fourth-order valence-electron chi connectivity index (χ4n) is 1.93. The van der Waals surface area contributed by atoms with E-state index >= 15 is 0 Å². The van der Waals surface area contributed by atoms with E-state index in [0.717, 1.165) is 17.2 Å². The van der Waals surface area contributed by atoms with Crippen LogP contribution in [0.15, 0.2) is 36.5 Å². The molecule has 0 amide bonds. The van der Waals surface area contributed by atoms with Crippen LogP contribution in [0.4, 0.5) is 0 Å². The van der Waals surface area contributed by atoms with Crippen LogP contribution in [0.1, 0.15) is 36.6 Å². The van der Waals surface area contributed by atoms with Crippen LogP contribution in [0.3, 0.4) is 0 Å². The average Bonchev–Trinajstić information content (AvgIpc) is 2.39. The predicted molar refractivity (Wildman–Crippen MR) is 77.5 cm³/mol. The van der Waals surface area contributed by atoms with Gasteiger partial charge in [0.05, 0.1) is 11.9 Å². The molecule has 0 aliphatic rings. The summed E-state index contributed by atoms with van der Waals surface area (Å²) in [6.07, 6.45) is 1.72. The van der Waals surface area contributed by atoms with Crippen LogP contribution in [0.5, 0.6) is 11.5 Å².